The number of piperidine rings is 1. The SMILES string of the molecule is CC(=O)C1CCN(c2nccnc2O[C@H]2C[C@@H](Nc3nc4ccccc4s3)C2)CC1. The van der Waals surface area contributed by atoms with Gasteiger partial charge in [0.1, 0.15) is 11.9 Å². The van der Waals surface area contributed by atoms with Gasteiger partial charge in [-0.05, 0) is 31.9 Å². The molecular formula is C22H25N5O2S. The Balaban J connectivity index is 1.17. The van der Waals surface area contributed by atoms with E-state index in [2.05, 4.69) is 31.2 Å². The summed E-state index contributed by atoms with van der Waals surface area (Å²) in [6.45, 7) is 3.31. The molecule has 0 spiro atoms. The van der Waals surface area contributed by atoms with Crippen LogP contribution in [0.1, 0.15) is 32.6 Å². The Labute approximate surface area is 179 Å². The third-order valence-electron chi connectivity index (χ3n) is 6.01. The average Bonchev–Trinajstić information content (AvgIpc) is 3.15. The molecule has 30 heavy (non-hydrogen) atoms. The van der Waals surface area contributed by atoms with Crippen molar-refractivity contribution in [1.29, 1.82) is 0 Å². The molecular weight excluding hydrogens is 398 g/mol. The van der Waals surface area contributed by atoms with Crippen LogP contribution in [0, 0.1) is 5.92 Å². The topological polar surface area (TPSA) is 80.2 Å². The molecule has 0 bridgehead atoms. The summed E-state index contributed by atoms with van der Waals surface area (Å²) in [4.78, 5) is 27.4. The zero-order valence-electron chi connectivity index (χ0n) is 17.0. The summed E-state index contributed by atoms with van der Waals surface area (Å²) >= 11 is 1.69. The molecule has 2 aliphatic rings. The number of ketones is 1. The molecule has 3 heterocycles. The maximum absolute atomic E-state index is 11.6. The molecule has 1 saturated heterocycles. The predicted octanol–water partition coefficient (Wildman–Crippen LogP) is 3.91. The number of fused-ring (bicyclic) bond motifs is 1. The van der Waals surface area contributed by atoms with E-state index in [4.69, 9.17) is 4.74 Å². The van der Waals surface area contributed by atoms with Gasteiger partial charge in [0, 0.05) is 50.3 Å². The van der Waals surface area contributed by atoms with Crippen LogP contribution in [-0.4, -0.2) is 46.0 Å². The van der Waals surface area contributed by atoms with E-state index in [9.17, 15) is 4.79 Å². The summed E-state index contributed by atoms with van der Waals surface area (Å²) in [5, 5.41) is 4.49. The Morgan fingerprint density at radius 1 is 1.17 bits per heavy atom. The number of carbonyl (C=O) groups is 1. The van der Waals surface area contributed by atoms with Gasteiger partial charge in [-0.2, -0.15) is 0 Å². The zero-order chi connectivity index (χ0) is 20.5. The number of para-hydroxylation sites is 1. The van der Waals surface area contributed by atoms with Crippen LogP contribution in [0.25, 0.3) is 10.2 Å². The van der Waals surface area contributed by atoms with Crippen molar-refractivity contribution in [2.75, 3.05) is 23.3 Å². The van der Waals surface area contributed by atoms with Crippen LogP contribution in [0.5, 0.6) is 5.88 Å². The number of hydrogen-bond donors (Lipinski definition) is 1. The minimum Gasteiger partial charge on any atom is -0.472 e. The first-order chi connectivity index (χ1) is 14.7. The Morgan fingerprint density at radius 2 is 1.93 bits per heavy atom. The second kappa shape index (κ2) is 8.18. The minimum atomic E-state index is 0.127. The molecule has 0 amide bonds. The van der Waals surface area contributed by atoms with Crippen LogP contribution in [0.3, 0.4) is 0 Å². The molecule has 0 unspecified atom stereocenters. The number of benzene rings is 1. The van der Waals surface area contributed by atoms with Crippen LogP contribution in [0.4, 0.5) is 10.9 Å². The van der Waals surface area contributed by atoms with Crippen LogP contribution in [-0.2, 0) is 4.79 Å². The molecule has 7 nitrogen and oxygen atoms in total. The van der Waals surface area contributed by atoms with Crippen molar-refractivity contribution in [3.8, 4) is 5.88 Å². The summed E-state index contributed by atoms with van der Waals surface area (Å²) in [7, 11) is 0. The monoisotopic (exact) mass is 423 g/mol. The molecule has 5 rings (SSSR count). The van der Waals surface area contributed by atoms with E-state index in [-0.39, 0.29) is 17.8 Å². The summed E-state index contributed by atoms with van der Waals surface area (Å²) < 4.78 is 7.40. The van der Waals surface area contributed by atoms with Crippen molar-refractivity contribution in [2.24, 2.45) is 5.92 Å². The molecule has 2 aromatic heterocycles. The van der Waals surface area contributed by atoms with Crippen molar-refractivity contribution in [1.82, 2.24) is 15.0 Å². The van der Waals surface area contributed by atoms with Gasteiger partial charge in [0.15, 0.2) is 10.9 Å². The van der Waals surface area contributed by atoms with E-state index in [0.717, 1.165) is 55.2 Å². The highest BCUT2D eigenvalue weighted by Crippen LogP contribution is 2.34. The van der Waals surface area contributed by atoms with Gasteiger partial charge in [-0.1, -0.05) is 23.5 Å². The smallest absolute Gasteiger partial charge is 0.257 e. The Bertz CT molecular complexity index is 1010. The zero-order valence-corrected chi connectivity index (χ0v) is 17.8. The van der Waals surface area contributed by atoms with Gasteiger partial charge < -0.3 is 15.0 Å². The largest absolute Gasteiger partial charge is 0.472 e. The van der Waals surface area contributed by atoms with Gasteiger partial charge >= 0.3 is 0 Å². The average molecular weight is 424 g/mol. The van der Waals surface area contributed by atoms with E-state index in [1.54, 1.807) is 30.7 Å². The Hall–Kier alpha value is -2.74. The summed E-state index contributed by atoms with van der Waals surface area (Å²) in [5.74, 6) is 1.85. The van der Waals surface area contributed by atoms with Gasteiger partial charge in [0.25, 0.3) is 5.88 Å². The van der Waals surface area contributed by atoms with Gasteiger partial charge in [0.2, 0.25) is 0 Å². The number of nitrogens with zero attached hydrogens (tertiary/aromatic N) is 4. The highest BCUT2D eigenvalue weighted by molar-refractivity contribution is 7.22. The molecule has 1 N–H and O–H groups in total. The van der Waals surface area contributed by atoms with Crippen LogP contribution >= 0.6 is 11.3 Å². The first-order valence-corrected chi connectivity index (χ1v) is 11.3. The second-order valence-corrected chi connectivity index (χ2v) is 9.13. The Kier molecular flexibility index (Phi) is 5.25. The fraction of sp³-hybridized carbons (Fsp3) is 0.455. The molecule has 1 aliphatic heterocycles. The molecule has 1 aliphatic carbocycles. The van der Waals surface area contributed by atoms with Crippen molar-refractivity contribution < 1.29 is 9.53 Å². The lowest BCUT2D eigenvalue weighted by Gasteiger charge is -2.37. The molecule has 0 radical (unpaired) electrons. The lowest BCUT2D eigenvalue weighted by atomic mass is 9.89. The van der Waals surface area contributed by atoms with E-state index in [1.165, 1.54) is 4.70 Å². The third-order valence-corrected chi connectivity index (χ3v) is 6.98. The van der Waals surface area contributed by atoms with Gasteiger partial charge in [-0.25, -0.2) is 15.0 Å². The van der Waals surface area contributed by atoms with Gasteiger partial charge in [0.05, 0.1) is 10.2 Å². The van der Waals surface area contributed by atoms with Crippen molar-refractivity contribution in [3.05, 3.63) is 36.7 Å². The predicted molar refractivity (Wildman–Crippen MR) is 118 cm³/mol. The number of Topliss-reactive ketones (excluding diaryl/α,β-unsaturated/α-hetero) is 1. The Morgan fingerprint density at radius 3 is 2.70 bits per heavy atom. The van der Waals surface area contributed by atoms with E-state index in [0.29, 0.717) is 11.9 Å². The standard InChI is InChI=1S/C22H25N5O2S/c1-14(28)15-6-10-27(11-7-15)20-21(24-9-8-23-20)29-17-12-16(13-17)25-22-26-18-4-2-3-5-19(18)30-22/h2-5,8-9,15-17H,6-7,10-13H2,1H3,(H,25,26)/t16-,17+. The lowest BCUT2D eigenvalue weighted by molar-refractivity contribution is -0.121. The van der Waals surface area contributed by atoms with Gasteiger partial charge in [-0.3, -0.25) is 4.79 Å². The number of hydrogen-bond acceptors (Lipinski definition) is 8. The molecule has 156 valence electrons. The maximum atomic E-state index is 11.6. The summed E-state index contributed by atoms with van der Waals surface area (Å²) in [5.41, 5.74) is 1.04. The van der Waals surface area contributed by atoms with Crippen molar-refractivity contribution in [3.63, 3.8) is 0 Å². The molecule has 8 heteroatoms. The fourth-order valence-electron chi connectivity index (χ4n) is 4.16. The number of nitrogens with one attached hydrogen (secondary N) is 1. The van der Waals surface area contributed by atoms with Crippen molar-refractivity contribution >= 4 is 38.3 Å². The van der Waals surface area contributed by atoms with Crippen LogP contribution < -0.4 is 15.0 Å². The fourth-order valence-corrected chi connectivity index (χ4v) is 5.10. The highest BCUT2D eigenvalue weighted by atomic mass is 32.1. The van der Waals surface area contributed by atoms with E-state index in [1.807, 2.05) is 18.2 Å². The number of carbonyl (C=O) groups excluding carboxylic acids is 1. The first-order valence-electron chi connectivity index (χ1n) is 10.5. The molecule has 2 fully saturated rings. The number of ether oxygens (including phenoxy) is 1. The van der Waals surface area contributed by atoms with E-state index < -0.39 is 0 Å². The molecule has 0 atom stereocenters. The van der Waals surface area contributed by atoms with Crippen LogP contribution in [0.15, 0.2) is 36.7 Å². The van der Waals surface area contributed by atoms with Crippen molar-refractivity contribution in [2.45, 2.75) is 44.8 Å². The quantitative estimate of drug-likeness (QED) is 0.644. The highest BCUT2D eigenvalue weighted by Gasteiger charge is 2.33. The molecule has 3 aromatic rings. The summed E-state index contributed by atoms with van der Waals surface area (Å²) in [6.07, 6.45) is 7.07. The van der Waals surface area contributed by atoms with E-state index >= 15 is 0 Å². The van der Waals surface area contributed by atoms with Gasteiger partial charge in [-0.15, -0.1) is 0 Å². The lowest BCUT2D eigenvalue weighted by Crippen LogP contribution is -2.43. The first kappa shape index (κ1) is 19.2. The molecule has 1 saturated carbocycles. The van der Waals surface area contributed by atoms with Crippen LogP contribution in [0.2, 0.25) is 0 Å². The normalized spacial score (nSPS) is 22.0. The third kappa shape index (κ3) is 3.96. The number of thiazole rings is 1. The second-order valence-electron chi connectivity index (χ2n) is 8.10. The minimum absolute atomic E-state index is 0.127. The number of anilines is 2. The number of rotatable bonds is 6. The number of aromatic nitrogens is 3. The summed E-state index contributed by atoms with van der Waals surface area (Å²) in [6, 6.07) is 8.55. The maximum Gasteiger partial charge on any atom is 0.257 e. The molecule has 1 aromatic carbocycles.